The minimum Gasteiger partial charge on any atom is -0.385 e. The molecule has 1 fully saturated rings. The zero-order valence-electron chi connectivity index (χ0n) is 10.8. The van der Waals surface area contributed by atoms with Gasteiger partial charge in [0.05, 0.1) is 0 Å². The summed E-state index contributed by atoms with van der Waals surface area (Å²) in [6.07, 6.45) is 6.42. The summed E-state index contributed by atoms with van der Waals surface area (Å²) in [4.78, 5) is 0. The normalized spacial score (nSPS) is 20.2. The van der Waals surface area contributed by atoms with Crippen molar-refractivity contribution in [2.24, 2.45) is 0 Å². The molecule has 1 aromatic rings. The molecule has 1 unspecified atom stereocenters. The van der Waals surface area contributed by atoms with Crippen LogP contribution in [-0.2, 0) is 6.42 Å². The molecule has 1 aliphatic rings. The van der Waals surface area contributed by atoms with Crippen LogP contribution in [0.2, 0.25) is 0 Å². The van der Waals surface area contributed by atoms with E-state index in [1.165, 1.54) is 43.5 Å². The second-order valence-corrected chi connectivity index (χ2v) is 4.87. The van der Waals surface area contributed by atoms with Crippen molar-refractivity contribution in [1.82, 2.24) is 5.32 Å². The zero-order valence-corrected chi connectivity index (χ0v) is 10.8. The summed E-state index contributed by atoms with van der Waals surface area (Å²) in [6.45, 7) is 4.49. The first-order valence-electron chi connectivity index (χ1n) is 6.95. The quantitative estimate of drug-likeness (QED) is 0.814. The van der Waals surface area contributed by atoms with Gasteiger partial charge in [0.15, 0.2) is 0 Å². The van der Waals surface area contributed by atoms with Crippen molar-refractivity contribution in [1.29, 1.82) is 0 Å². The molecule has 2 nitrogen and oxygen atoms in total. The minimum atomic E-state index is 0.727. The summed E-state index contributed by atoms with van der Waals surface area (Å²) in [5, 5.41) is 7.17. The number of hydrogen-bond donors (Lipinski definition) is 2. The molecule has 1 aromatic carbocycles. The lowest BCUT2D eigenvalue weighted by molar-refractivity contribution is 0.389. The highest BCUT2D eigenvalue weighted by Gasteiger charge is 2.11. The third-order valence-corrected chi connectivity index (χ3v) is 3.62. The Balaban J connectivity index is 1.77. The van der Waals surface area contributed by atoms with Gasteiger partial charge in [-0.3, -0.25) is 0 Å². The zero-order chi connectivity index (χ0) is 11.9. The number of anilines is 1. The highest BCUT2D eigenvalue weighted by molar-refractivity contribution is 5.50. The molecule has 1 saturated heterocycles. The number of nitrogens with one attached hydrogen (secondary N) is 2. The van der Waals surface area contributed by atoms with E-state index in [1.54, 1.807) is 0 Å². The van der Waals surface area contributed by atoms with Gasteiger partial charge in [-0.2, -0.15) is 0 Å². The fourth-order valence-electron chi connectivity index (χ4n) is 2.55. The van der Waals surface area contributed by atoms with Crippen molar-refractivity contribution in [3.8, 4) is 0 Å². The van der Waals surface area contributed by atoms with Crippen LogP contribution in [-0.4, -0.2) is 19.1 Å². The van der Waals surface area contributed by atoms with E-state index in [-0.39, 0.29) is 0 Å². The minimum absolute atomic E-state index is 0.727. The molecule has 2 rings (SSSR count). The number of piperidine rings is 1. The number of hydrogen-bond acceptors (Lipinski definition) is 2. The van der Waals surface area contributed by atoms with Gasteiger partial charge in [0.2, 0.25) is 0 Å². The van der Waals surface area contributed by atoms with E-state index < -0.39 is 0 Å². The van der Waals surface area contributed by atoms with Crippen LogP contribution < -0.4 is 10.6 Å². The maximum Gasteiger partial charge on any atom is 0.0372 e. The first-order chi connectivity index (χ1) is 8.40. The molecule has 0 aromatic heterocycles. The molecule has 0 saturated carbocycles. The van der Waals surface area contributed by atoms with E-state index in [2.05, 4.69) is 41.8 Å². The van der Waals surface area contributed by atoms with E-state index in [0.29, 0.717) is 0 Å². The Morgan fingerprint density at radius 1 is 1.29 bits per heavy atom. The molecule has 1 atom stereocenters. The van der Waals surface area contributed by atoms with Gasteiger partial charge in [0, 0.05) is 18.3 Å². The first kappa shape index (κ1) is 12.4. The summed E-state index contributed by atoms with van der Waals surface area (Å²) in [6, 6.07) is 9.35. The van der Waals surface area contributed by atoms with Gasteiger partial charge in [-0.15, -0.1) is 0 Å². The van der Waals surface area contributed by atoms with Crippen LogP contribution in [0.25, 0.3) is 0 Å². The summed E-state index contributed by atoms with van der Waals surface area (Å²) >= 11 is 0. The average Bonchev–Trinajstić information content (AvgIpc) is 2.40. The van der Waals surface area contributed by atoms with Gasteiger partial charge in [-0.1, -0.05) is 31.5 Å². The van der Waals surface area contributed by atoms with Crippen LogP contribution in [0.1, 0.15) is 38.2 Å². The Morgan fingerprint density at radius 3 is 2.94 bits per heavy atom. The molecular formula is C15H24N2. The van der Waals surface area contributed by atoms with E-state index in [0.717, 1.165) is 19.0 Å². The molecule has 0 spiro atoms. The Hall–Kier alpha value is -1.02. The number of benzene rings is 1. The smallest absolute Gasteiger partial charge is 0.0372 e. The second-order valence-electron chi connectivity index (χ2n) is 4.87. The molecule has 94 valence electrons. The molecule has 2 N–H and O–H groups in total. The lowest BCUT2D eigenvalue weighted by Crippen LogP contribution is -2.35. The Labute approximate surface area is 105 Å². The van der Waals surface area contributed by atoms with Crippen molar-refractivity contribution in [3.05, 3.63) is 29.8 Å². The van der Waals surface area contributed by atoms with Crippen LogP contribution in [0.4, 0.5) is 5.69 Å². The van der Waals surface area contributed by atoms with E-state index in [1.807, 2.05) is 0 Å². The largest absolute Gasteiger partial charge is 0.385 e. The van der Waals surface area contributed by atoms with Gasteiger partial charge in [0.25, 0.3) is 0 Å². The molecule has 17 heavy (non-hydrogen) atoms. The Morgan fingerprint density at radius 2 is 2.18 bits per heavy atom. The summed E-state index contributed by atoms with van der Waals surface area (Å²) in [7, 11) is 0. The van der Waals surface area contributed by atoms with Gasteiger partial charge < -0.3 is 10.6 Å². The van der Waals surface area contributed by atoms with E-state index in [9.17, 15) is 0 Å². The molecule has 0 bridgehead atoms. The van der Waals surface area contributed by atoms with Crippen LogP contribution in [0.3, 0.4) is 0 Å². The van der Waals surface area contributed by atoms with Gasteiger partial charge in [-0.05, 0) is 43.9 Å². The van der Waals surface area contributed by atoms with Crippen LogP contribution >= 0.6 is 0 Å². The van der Waals surface area contributed by atoms with E-state index >= 15 is 0 Å². The van der Waals surface area contributed by atoms with Crippen molar-refractivity contribution in [3.63, 3.8) is 0 Å². The van der Waals surface area contributed by atoms with Gasteiger partial charge in [0.1, 0.15) is 0 Å². The summed E-state index contributed by atoms with van der Waals surface area (Å²) in [5.41, 5.74) is 2.73. The predicted molar refractivity (Wildman–Crippen MR) is 74.6 cm³/mol. The number of rotatable bonds is 5. The van der Waals surface area contributed by atoms with Crippen LogP contribution in [0, 0.1) is 0 Å². The highest BCUT2D eigenvalue weighted by atomic mass is 14.9. The summed E-state index contributed by atoms with van der Waals surface area (Å²) in [5.74, 6) is 0. The molecule has 2 heteroatoms. The van der Waals surface area contributed by atoms with Crippen molar-refractivity contribution < 1.29 is 0 Å². The van der Waals surface area contributed by atoms with Gasteiger partial charge >= 0.3 is 0 Å². The molecular weight excluding hydrogens is 208 g/mol. The lowest BCUT2D eigenvalue weighted by atomic mass is 10.0. The monoisotopic (exact) mass is 232 g/mol. The van der Waals surface area contributed by atoms with Crippen molar-refractivity contribution in [2.45, 2.75) is 45.1 Å². The second kappa shape index (κ2) is 6.65. The topological polar surface area (TPSA) is 24.1 Å². The molecule has 0 amide bonds. The molecule has 0 aliphatic carbocycles. The fraction of sp³-hybridized carbons (Fsp3) is 0.600. The average molecular weight is 232 g/mol. The SMILES string of the molecule is CCc1ccccc1NCCC1CCCCN1. The Kier molecular flexibility index (Phi) is 4.87. The number of aryl methyl sites for hydroxylation is 1. The van der Waals surface area contributed by atoms with E-state index in [4.69, 9.17) is 0 Å². The number of para-hydroxylation sites is 1. The first-order valence-corrected chi connectivity index (χ1v) is 6.95. The molecule has 1 aliphatic heterocycles. The van der Waals surface area contributed by atoms with Crippen LogP contribution in [0.15, 0.2) is 24.3 Å². The maximum atomic E-state index is 3.59. The predicted octanol–water partition coefficient (Wildman–Crippen LogP) is 3.19. The third-order valence-electron chi connectivity index (χ3n) is 3.62. The molecule has 1 heterocycles. The molecule has 0 radical (unpaired) electrons. The fourth-order valence-corrected chi connectivity index (χ4v) is 2.55. The Bertz CT molecular complexity index is 329. The standard InChI is InChI=1S/C15H24N2/c1-2-13-7-3-4-9-15(13)17-12-10-14-8-5-6-11-16-14/h3-4,7,9,14,16-17H,2,5-6,8,10-12H2,1H3. The summed E-state index contributed by atoms with van der Waals surface area (Å²) < 4.78 is 0. The van der Waals surface area contributed by atoms with Crippen molar-refractivity contribution in [2.75, 3.05) is 18.4 Å². The van der Waals surface area contributed by atoms with Crippen molar-refractivity contribution >= 4 is 5.69 Å². The highest BCUT2D eigenvalue weighted by Crippen LogP contribution is 2.16. The van der Waals surface area contributed by atoms with Gasteiger partial charge in [-0.25, -0.2) is 0 Å². The maximum absolute atomic E-state index is 3.59. The third kappa shape index (κ3) is 3.74. The van der Waals surface area contributed by atoms with Crippen LogP contribution in [0.5, 0.6) is 0 Å². The lowest BCUT2D eigenvalue weighted by Gasteiger charge is -2.23.